The van der Waals surface area contributed by atoms with Gasteiger partial charge in [0.2, 0.25) is 0 Å². The summed E-state index contributed by atoms with van der Waals surface area (Å²) in [4.78, 5) is 11.8. The molecule has 1 rings (SSSR count). The molecule has 0 spiro atoms. The maximum absolute atomic E-state index is 10.6. The molecule has 1 amide bonds. The third kappa shape index (κ3) is 3.26. The highest BCUT2D eigenvalue weighted by molar-refractivity contribution is 9.11. The predicted molar refractivity (Wildman–Crippen MR) is 64.3 cm³/mol. The molecule has 1 heterocycles. The van der Waals surface area contributed by atoms with Crippen LogP contribution in [0.5, 0.6) is 0 Å². The lowest BCUT2D eigenvalue weighted by Crippen LogP contribution is -2.33. The Morgan fingerprint density at radius 3 is 2.71 bits per heavy atom. The summed E-state index contributed by atoms with van der Waals surface area (Å²) in [5, 5.41) is 2.11. The second-order valence-corrected chi connectivity index (χ2v) is 6.42. The van der Waals surface area contributed by atoms with Gasteiger partial charge in [-0.2, -0.15) is 0 Å². The first-order valence-electron chi connectivity index (χ1n) is 4.11. The summed E-state index contributed by atoms with van der Waals surface area (Å²) in [6, 6.07) is 4.05. The van der Waals surface area contributed by atoms with E-state index in [9.17, 15) is 4.79 Å². The number of amides is 1. The van der Waals surface area contributed by atoms with Crippen molar-refractivity contribution in [1.82, 2.24) is 5.32 Å². The van der Waals surface area contributed by atoms with Crippen LogP contribution in [0.25, 0.3) is 0 Å². The number of carbonyl (C=O) groups is 1. The number of nitrogens with one attached hydrogen (secondary N) is 1. The van der Waals surface area contributed by atoms with E-state index in [4.69, 9.17) is 11.6 Å². The largest absolute Gasteiger partial charge is 0.342 e. The van der Waals surface area contributed by atoms with Crippen LogP contribution in [0.15, 0.2) is 15.9 Å². The number of hydrogen-bond donors (Lipinski definition) is 1. The fourth-order valence-corrected chi connectivity index (χ4v) is 2.61. The van der Waals surface area contributed by atoms with Crippen molar-refractivity contribution in [3.63, 3.8) is 0 Å². The van der Waals surface area contributed by atoms with Gasteiger partial charge < -0.3 is 5.32 Å². The summed E-state index contributed by atoms with van der Waals surface area (Å²) in [5.74, 6) is 0. The van der Waals surface area contributed by atoms with Gasteiger partial charge in [0.1, 0.15) is 0 Å². The first kappa shape index (κ1) is 12.0. The quantitative estimate of drug-likeness (QED) is 0.668. The first-order chi connectivity index (χ1) is 6.42. The van der Waals surface area contributed by atoms with Gasteiger partial charge in [0.25, 0.3) is 0 Å². The van der Waals surface area contributed by atoms with Crippen LogP contribution in [0, 0.1) is 0 Å². The van der Waals surface area contributed by atoms with Crippen molar-refractivity contribution in [3.05, 3.63) is 20.8 Å². The van der Waals surface area contributed by atoms with E-state index in [0.29, 0.717) is 6.54 Å². The topological polar surface area (TPSA) is 29.1 Å². The Hall–Kier alpha value is -0.0600. The minimum Gasteiger partial charge on any atom is -0.342 e. The molecular formula is C9H11BrClNOS. The SMILES string of the molecule is CC(C)(CNC(=O)Cl)c1ccc(Br)s1. The maximum atomic E-state index is 10.6. The molecule has 0 aliphatic heterocycles. The van der Waals surface area contributed by atoms with Crippen molar-refractivity contribution in [2.24, 2.45) is 0 Å². The predicted octanol–water partition coefficient (Wildman–Crippen LogP) is 3.74. The minimum absolute atomic E-state index is 0.0821. The van der Waals surface area contributed by atoms with E-state index in [0.717, 1.165) is 3.79 Å². The Bertz CT molecular complexity index is 337. The third-order valence-electron chi connectivity index (χ3n) is 1.91. The van der Waals surface area contributed by atoms with Gasteiger partial charge in [-0.25, -0.2) is 0 Å². The van der Waals surface area contributed by atoms with Crippen LogP contribution in [0.3, 0.4) is 0 Å². The highest BCUT2D eigenvalue weighted by Gasteiger charge is 2.22. The van der Waals surface area contributed by atoms with Gasteiger partial charge in [0, 0.05) is 16.8 Å². The molecule has 1 N–H and O–H groups in total. The average Bonchev–Trinajstić information content (AvgIpc) is 2.49. The molecule has 0 aliphatic rings. The summed E-state index contributed by atoms with van der Waals surface area (Å²) in [6.45, 7) is 4.68. The lowest BCUT2D eigenvalue weighted by Gasteiger charge is -2.22. The molecule has 0 atom stereocenters. The number of halogens is 2. The van der Waals surface area contributed by atoms with E-state index in [1.165, 1.54) is 4.88 Å². The summed E-state index contributed by atoms with van der Waals surface area (Å²) >= 11 is 10.3. The summed E-state index contributed by atoms with van der Waals surface area (Å²) in [7, 11) is 0. The summed E-state index contributed by atoms with van der Waals surface area (Å²) in [6.07, 6.45) is 0. The van der Waals surface area contributed by atoms with Crippen LogP contribution in [0.2, 0.25) is 0 Å². The highest BCUT2D eigenvalue weighted by Crippen LogP contribution is 2.32. The van der Waals surface area contributed by atoms with E-state index in [2.05, 4.69) is 41.2 Å². The molecule has 0 radical (unpaired) electrons. The average molecular weight is 297 g/mol. The van der Waals surface area contributed by atoms with Crippen molar-refractivity contribution in [3.8, 4) is 0 Å². The van der Waals surface area contributed by atoms with Gasteiger partial charge in [-0.05, 0) is 39.7 Å². The molecule has 0 aliphatic carbocycles. The summed E-state index contributed by atoms with van der Waals surface area (Å²) < 4.78 is 1.10. The van der Waals surface area contributed by atoms with Crippen molar-refractivity contribution in [2.45, 2.75) is 19.3 Å². The maximum Gasteiger partial charge on any atom is 0.313 e. The molecular weight excluding hydrogens is 286 g/mol. The van der Waals surface area contributed by atoms with Gasteiger partial charge in [0.05, 0.1) is 3.79 Å². The molecule has 1 aromatic heterocycles. The van der Waals surface area contributed by atoms with Crippen molar-refractivity contribution >= 4 is 44.2 Å². The monoisotopic (exact) mass is 295 g/mol. The lowest BCUT2D eigenvalue weighted by atomic mass is 9.92. The van der Waals surface area contributed by atoms with Crippen LogP contribution in [0.1, 0.15) is 18.7 Å². The first-order valence-corrected chi connectivity index (χ1v) is 6.10. The van der Waals surface area contributed by atoms with Gasteiger partial charge in [-0.15, -0.1) is 11.3 Å². The standard InChI is InChI=1S/C9H11BrClNOS/c1-9(2,5-12-8(11)13)6-3-4-7(10)14-6/h3-4H,5H2,1-2H3,(H,12,13). The molecule has 14 heavy (non-hydrogen) atoms. The Morgan fingerprint density at radius 1 is 1.64 bits per heavy atom. The smallest absolute Gasteiger partial charge is 0.313 e. The van der Waals surface area contributed by atoms with Gasteiger partial charge >= 0.3 is 5.37 Å². The Morgan fingerprint density at radius 2 is 2.29 bits per heavy atom. The van der Waals surface area contributed by atoms with Crippen molar-refractivity contribution in [2.75, 3.05) is 6.54 Å². The molecule has 0 saturated carbocycles. The molecule has 78 valence electrons. The third-order valence-corrected chi connectivity index (χ3v) is 4.03. The van der Waals surface area contributed by atoms with Crippen molar-refractivity contribution < 1.29 is 4.79 Å². The fourth-order valence-electron chi connectivity index (χ4n) is 1.06. The number of hydrogen-bond acceptors (Lipinski definition) is 2. The van der Waals surface area contributed by atoms with Crippen LogP contribution >= 0.6 is 38.9 Å². The zero-order valence-electron chi connectivity index (χ0n) is 7.93. The molecule has 0 unspecified atom stereocenters. The van der Waals surface area contributed by atoms with E-state index in [1.807, 2.05) is 6.07 Å². The highest BCUT2D eigenvalue weighted by atomic mass is 79.9. The number of thiophene rings is 1. The molecule has 2 nitrogen and oxygen atoms in total. The van der Waals surface area contributed by atoms with Crippen LogP contribution < -0.4 is 5.32 Å². The number of rotatable bonds is 3. The van der Waals surface area contributed by atoms with Gasteiger partial charge in [-0.1, -0.05) is 13.8 Å². The van der Waals surface area contributed by atoms with Crippen LogP contribution in [-0.4, -0.2) is 11.9 Å². The second kappa shape index (κ2) is 4.64. The Labute approximate surface area is 101 Å². The fraction of sp³-hybridized carbons (Fsp3) is 0.444. The lowest BCUT2D eigenvalue weighted by molar-refractivity contribution is 0.257. The molecule has 5 heteroatoms. The van der Waals surface area contributed by atoms with Crippen molar-refractivity contribution in [1.29, 1.82) is 0 Å². The Kier molecular flexibility index (Phi) is 3.98. The van der Waals surface area contributed by atoms with Crippen LogP contribution in [0.4, 0.5) is 4.79 Å². The molecule has 0 fully saturated rings. The zero-order valence-corrected chi connectivity index (χ0v) is 11.1. The zero-order chi connectivity index (χ0) is 10.8. The van der Waals surface area contributed by atoms with E-state index in [-0.39, 0.29) is 5.41 Å². The van der Waals surface area contributed by atoms with E-state index < -0.39 is 5.37 Å². The molecule has 1 aromatic rings. The Balaban J connectivity index is 2.69. The number of carbonyl (C=O) groups excluding carboxylic acids is 1. The van der Waals surface area contributed by atoms with Crippen LogP contribution in [-0.2, 0) is 5.41 Å². The molecule has 0 saturated heterocycles. The van der Waals surface area contributed by atoms with Gasteiger partial charge in [0.15, 0.2) is 0 Å². The second-order valence-electron chi connectivity index (χ2n) is 3.61. The van der Waals surface area contributed by atoms with E-state index in [1.54, 1.807) is 11.3 Å². The minimum atomic E-state index is -0.506. The normalized spacial score (nSPS) is 11.4. The molecule has 0 aromatic carbocycles. The summed E-state index contributed by atoms with van der Waals surface area (Å²) in [5.41, 5.74) is -0.0821. The molecule has 0 bridgehead atoms. The van der Waals surface area contributed by atoms with E-state index >= 15 is 0 Å². The van der Waals surface area contributed by atoms with Gasteiger partial charge in [-0.3, -0.25) is 4.79 Å².